The lowest BCUT2D eigenvalue weighted by molar-refractivity contribution is -0.123. The fourth-order valence-electron chi connectivity index (χ4n) is 1.93. The van der Waals surface area contributed by atoms with Gasteiger partial charge in [-0.1, -0.05) is 0 Å². The Hall–Kier alpha value is -1.08. The van der Waals surface area contributed by atoms with Gasteiger partial charge in [-0.3, -0.25) is 4.79 Å². The highest BCUT2D eigenvalue weighted by atomic mass is 16.5. The van der Waals surface area contributed by atoms with Crippen LogP contribution in [0.15, 0.2) is 0 Å². The maximum absolute atomic E-state index is 11.6. The Labute approximate surface area is 89.6 Å². The van der Waals surface area contributed by atoms with E-state index in [0.717, 1.165) is 32.3 Å². The molecule has 1 aliphatic heterocycles. The molecule has 0 aromatic heterocycles. The van der Waals surface area contributed by atoms with E-state index in [1.807, 2.05) is 0 Å². The Morgan fingerprint density at radius 3 is 2.87 bits per heavy atom. The lowest BCUT2D eigenvalue weighted by atomic mass is 10.1. The lowest BCUT2D eigenvalue weighted by Gasteiger charge is -2.12. The van der Waals surface area contributed by atoms with Gasteiger partial charge in [0, 0.05) is 6.61 Å². The molecular weight excluding hydrogens is 192 g/mol. The Balaban J connectivity index is 1.73. The van der Waals surface area contributed by atoms with Gasteiger partial charge in [-0.25, -0.2) is 0 Å². The number of hydrogen-bond donors (Lipinski definition) is 1. The first-order valence-electron chi connectivity index (χ1n) is 5.60. The van der Waals surface area contributed by atoms with E-state index in [4.69, 9.17) is 10.00 Å². The van der Waals surface area contributed by atoms with Crippen LogP contribution >= 0.6 is 0 Å². The standard InChI is InChI=1S/C11H16N2O2/c12-7-10(8-3-4-8)13-11(14)6-9-2-1-5-15-9/h8-10H,1-6H2,(H,13,14). The molecule has 2 atom stereocenters. The average molecular weight is 208 g/mol. The molecule has 15 heavy (non-hydrogen) atoms. The van der Waals surface area contributed by atoms with E-state index < -0.39 is 0 Å². The summed E-state index contributed by atoms with van der Waals surface area (Å²) in [7, 11) is 0. The third-order valence-electron chi connectivity index (χ3n) is 2.99. The highest BCUT2D eigenvalue weighted by Gasteiger charge is 2.32. The number of nitrogens with one attached hydrogen (secondary N) is 1. The lowest BCUT2D eigenvalue weighted by Crippen LogP contribution is -2.36. The Kier molecular flexibility index (Phi) is 3.22. The molecule has 2 aliphatic rings. The van der Waals surface area contributed by atoms with E-state index in [-0.39, 0.29) is 18.1 Å². The minimum Gasteiger partial charge on any atom is -0.378 e. The van der Waals surface area contributed by atoms with Crippen molar-refractivity contribution in [3.05, 3.63) is 0 Å². The predicted molar refractivity (Wildman–Crippen MR) is 53.9 cm³/mol. The van der Waals surface area contributed by atoms with E-state index in [9.17, 15) is 4.79 Å². The van der Waals surface area contributed by atoms with E-state index >= 15 is 0 Å². The fourth-order valence-corrected chi connectivity index (χ4v) is 1.93. The van der Waals surface area contributed by atoms with Gasteiger partial charge in [0.15, 0.2) is 0 Å². The summed E-state index contributed by atoms with van der Waals surface area (Å²) < 4.78 is 5.37. The molecular formula is C11H16N2O2. The van der Waals surface area contributed by atoms with Gasteiger partial charge in [-0.2, -0.15) is 5.26 Å². The van der Waals surface area contributed by atoms with Crippen LogP contribution in [0.5, 0.6) is 0 Å². The van der Waals surface area contributed by atoms with E-state index in [1.54, 1.807) is 0 Å². The van der Waals surface area contributed by atoms with Crippen molar-refractivity contribution in [3.63, 3.8) is 0 Å². The molecule has 4 nitrogen and oxygen atoms in total. The maximum atomic E-state index is 11.6. The van der Waals surface area contributed by atoms with Crippen LogP contribution < -0.4 is 5.32 Å². The SMILES string of the molecule is N#CC(NC(=O)CC1CCCO1)C1CC1. The number of hydrogen-bond acceptors (Lipinski definition) is 3. The summed E-state index contributed by atoms with van der Waals surface area (Å²) >= 11 is 0. The molecule has 1 saturated heterocycles. The Morgan fingerprint density at radius 1 is 1.53 bits per heavy atom. The van der Waals surface area contributed by atoms with Crippen LogP contribution in [0, 0.1) is 17.2 Å². The van der Waals surface area contributed by atoms with Gasteiger partial charge >= 0.3 is 0 Å². The van der Waals surface area contributed by atoms with Crippen molar-refractivity contribution in [2.45, 2.75) is 44.2 Å². The molecule has 82 valence electrons. The van der Waals surface area contributed by atoms with Crippen LogP contribution in [0.4, 0.5) is 0 Å². The highest BCUT2D eigenvalue weighted by Crippen LogP contribution is 2.32. The van der Waals surface area contributed by atoms with Crippen LogP contribution in [0.1, 0.15) is 32.1 Å². The first kappa shape index (κ1) is 10.4. The molecule has 0 spiro atoms. The Morgan fingerprint density at radius 2 is 2.33 bits per heavy atom. The fraction of sp³-hybridized carbons (Fsp3) is 0.818. The third kappa shape index (κ3) is 2.93. The number of carbonyl (C=O) groups excluding carboxylic acids is 1. The van der Waals surface area contributed by atoms with E-state index in [2.05, 4.69) is 11.4 Å². The first-order valence-corrected chi connectivity index (χ1v) is 5.60. The quantitative estimate of drug-likeness (QED) is 0.749. The molecule has 2 fully saturated rings. The topological polar surface area (TPSA) is 62.1 Å². The van der Waals surface area contributed by atoms with Gasteiger partial charge in [0.25, 0.3) is 0 Å². The third-order valence-corrected chi connectivity index (χ3v) is 2.99. The van der Waals surface area contributed by atoms with Crippen molar-refractivity contribution in [1.82, 2.24) is 5.32 Å². The molecule has 1 N–H and O–H groups in total. The molecule has 1 amide bonds. The zero-order valence-corrected chi connectivity index (χ0v) is 8.74. The highest BCUT2D eigenvalue weighted by molar-refractivity contribution is 5.77. The summed E-state index contributed by atoms with van der Waals surface area (Å²) in [6.45, 7) is 0.766. The minimum absolute atomic E-state index is 0.0413. The second-order valence-electron chi connectivity index (χ2n) is 4.35. The molecule has 0 aromatic rings. The van der Waals surface area contributed by atoms with Gasteiger partial charge in [-0.15, -0.1) is 0 Å². The summed E-state index contributed by atoms with van der Waals surface area (Å²) in [5.74, 6) is 0.351. The maximum Gasteiger partial charge on any atom is 0.223 e. The number of ether oxygens (including phenoxy) is 1. The van der Waals surface area contributed by atoms with Gasteiger partial charge in [0.05, 0.1) is 18.6 Å². The molecule has 1 heterocycles. The summed E-state index contributed by atoms with van der Waals surface area (Å²) in [5.41, 5.74) is 0. The summed E-state index contributed by atoms with van der Waals surface area (Å²) in [4.78, 5) is 11.6. The average Bonchev–Trinajstić information content (AvgIpc) is 2.95. The number of rotatable bonds is 4. The predicted octanol–water partition coefficient (Wildman–Crippen LogP) is 0.974. The van der Waals surface area contributed by atoms with Gasteiger partial charge in [0.1, 0.15) is 6.04 Å². The summed E-state index contributed by atoms with van der Waals surface area (Å²) in [5, 5.41) is 11.6. The van der Waals surface area contributed by atoms with Crippen molar-refractivity contribution in [3.8, 4) is 6.07 Å². The van der Waals surface area contributed by atoms with Crippen LogP contribution in [0.25, 0.3) is 0 Å². The second kappa shape index (κ2) is 4.63. The molecule has 4 heteroatoms. The number of amides is 1. The van der Waals surface area contributed by atoms with Crippen molar-refractivity contribution in [2.24, 2.45) is 5.92 Å². The van der Waals surface area contributed by atoms with Gasteiger partial charge in [0.2, 0.25) is 5.91 Å². The molecule has 2 rings (SSSR count). The van der Waals surface area contributed by atoms with Crippen LogP contribution in [0.2, 0.25) is 0 Å². The molecule has 0 radical (unpaired) electrons. The zero-order valence-electron chi connectivity index (χ0n) is 8.74. The summed E-state index contributed by atoms with van der Waals surface area (Å²) in [6, 6.07) is 1.87. The van der Waals surface area contributed by atoms with Crippen molar-refractivity contribution >= 4 is 5.91 Å². The van der Waals surface area contributed by atoms with Crippen LogP contribution in [0.3, 0.4) is 0 Å². The second-order valence-corrected chi connectivity index (χ2v) is 4.35. The molecule has 1 saturated carbocycles. The largest absolute Gasteiger partial charge is 0.378 e. The molecule has 0 aromatic carbocycles. The number of carbonyl (C=O) groups is 1. The van der Waals surface area contributed by atoms with Crippen molar-refractivity contribution in [2.75, 3.05) is 6.61 Å². The number of nitriles is 1. The monoisotopic (exact) mass is 208 g/mol. The Bertz CT molecular complexity index is 275. The van der Waals surface area contributed by atoms with Crippen molar-refractivity contribution in [1.29, 1.82) is 5.26 Å². The molecule has 2 unspecified atom stereocenters. The number of nitrogens with zero attached hydrogens (tertiary/aromatic N) is 1. The van der Waals surface area contributed by atoms with E-state index in [1.165, 1.54) is 0 Å². The van der Waals surface area contributed by atoms with Gasteiger partial charge in [-0.05, 0) is 31.6 Å². The smallest absolute Gasteiger partial charge is 0.223 e. The van der Waals surface area contributed by atoms with Crippen LogP contribution in [-0.4, -0.2) is 24.7 Å². The van der Waals surface area contributed by atoms with E-state index in [0.29, 0.717) is 12.3 Å². The minimum atomic E-state index is -0.279. The van der Waals surface area contributed by atoms with Gasteiger partial charge < -0.3 is 10.1 Å². The normalized spacial score (nSPS) is 27.0. The van der Waals surface area contributed by atoms with Crippen molar-refractivity contribution < 1.29 is 9.53 Å². The molecule has 0 bridgehead atoms. The van der Waals surface area contributed by atoms with Crippen LogP contribution in [-0.2, 0) is 9.53 Å². The first-order chi connectivity index (χ1) is 7.29. The summed E-state index contributed by atoms with van der Waals surface area (Å²) in [6.07, 6.45) is 4.63. The zero-order chi connectivity index (χ0) is 10.7. The molecule has 1 aliphatic carbocycles.